The standard InChI is InChI=1S/C16H16O/c1-4-13-7-5-6-8-16(13)15-10-9-14(17-3)11-12(15)2/h4-11H,1H2,2-3H3. The normalized spacial score (nSPS) is 10.0. The molecule has 0 bridgehead atoms. The van der Waals surface area contributed by atoms with Crippen LogP contribution < -0.4 is 4.74 Å². The molecule has 1 nitrogen and oxygen atoms in total. The summed E-state index contributed by atoms with van der Waals surface area (Å²) in [4.78, 5) is 0. The molecular formula is C16H16O. The van der Waals surface area contributed by atoms with Crippen molar-refractivity contribution < 1.29 is 4.74 Å². The van der Waals surface area contributed by atoms with Gasteiger partial charge >= 0.3 is 0 Å². The van der Waals surface area contributed by atoms with E-state index in [9.17, 15) is 0 Å². The van der Waals surface area contributed by atoms with Crippen LogP contribution in [0.4, 0.5) is 0 Å². The van der Waals surface area contributed by atoms with Gasteiger partial charge in [0.25, 0.3) is 0 Å². The number of hydrogen-bond acceptors (Lipinski definition) is 1. The van der Waals surface area contributed by atoms with Crippen LogP contribution in [0.25, 0.3) is 17.2 Å². The van der Waals surface area contributed by atoms with Crippen molar-refractivity contribution in [1.29, 1.82) is 0 Å². The summed E-state index contributed by atoms with van der Waals surface area (Å²) < 4.78 is 5.22. The number of methoxy groups -OCH3 is 1. The van der Waals surface area contributed by atoms with Crippen molar-refractivity contribution in [2.45, 2.75) is 6.92 Å². The Kier molecular flexibility index (Phi) is 3.29. The first kappa shape index (κ1) is 11.5. The average molecular weight is 224 g/mol. The lowest BCUT2D eigenvalue weighted by Gasteiger charge is -2.10. The second-order valence-corrected chi connectivity index (χ2v) is 3.97. The van der Waals surface area contributed by atoms with E-state index in [1.807, 2.05) is 24.3 Å². The van der Waals surface area contributed by atoms with E-state index in [0.717, 1.165) is 11.3 Å². The molecule has 0 spiro atoms. The molecule has 1 heteroatoms. The Balaban J connectivity index is 2.56. The van der Waals surface area contributed by atoms with E-state index in [0.29, 0.717) is 0 Å². The topological polar surface area (TPSA) is 9.23 Å². The molecule has 0 N–H and O–H groups in total. The SMILES string of the molecule is C=Cc1ccccc1-c1ccc(OC)cc1C. The van der Waals surface area contributed by atoms with Gasteiger partial charge in [0.1, 0.15) is 5.75 Å². The van der Waals surface area contributed by atoms with Gasteiger partial charge in [0.15, 0.2) is 0 Å². The zero-order valence-electron chi connectivity index (χ0n) is 10.2. The van der Waals surface area contributed by atoms with Crippen LogP contribution in [0.15, 0.2) is 49.0 Å². The Bertz CT molecular complexity index is 541. The van der Waals surface area contributed by atoms with Crippen molar-refractivity contribution in [1.82, 2.24) is 0 Å². The fourth-order valence-electron chi connectivity index (χ4n) is 1.99. The number of benzene rings is 2. The van der Waals surface area contributed by atoms with E-state index in [4.69, 9.17) is 4.74 Å². The number of rotatable bonds is 3. The molecular weight excluding hydrogens is 208 g/mol. The first-order valence-electron chi connectivity index (χ1n) is 5.62. The van der Waals surface area contributed by atoms with E-state index in [1.54, 1.807) is 7.11 Å². The van der Waals surface area contributed by atoms with E-state index in [2.05, 4.69) is 37.8 Å². The Hall–Kier alpha value is -2.02. The number of aryl methyl sites for hydroxylation is 1. The molecule has 0 radical (unpaired) electrons. The Morgan fingerprint density at radius 1 is 1.06 bits per heavy atom. The molecule has 86 valence electrons. The molecule has 0 amide bonds. The molecule has 17 heavy (non-hydrogen) atoms. The third-order valence-corrected chi connectivity index (χ3v) is 2.90. The zero-order valence-corrected chi connectivity index (χ0v) is 10.2. The summed E-state index contributed by atoms with van der Waals surface area (Å²) in [6, 6.07) is 14.4. The fraction of sp³-hybridized carbons (Fsp3) is 0.125. The summed E-state index contributed by atoms with van der Waals surface area (Å²) >= 11 is 0. The Morgan fingerprint density at radius 2 is 1.82 bits per heavy atom. The minimum absolute atomic E-state index is 0.891. The van der Waals surface area contributed by atoms with Gasteiger partial charge in [0.2, 0.25) is 0 Å². The summed E-state index contributed by atoms with van der Waals surface area (Å²) in [7, 11) is 1.69. The molecule has 2 aromatic carbocycles. The number of ether oxygens (including phenoxy) is 1. The highest BCUT2D eigenvalue weighted by molar-refractivity contribution is 5.77. The van der Waals surface area contributed by atoms with Crippen LogP contribution in [-0.2, 0) is 0 Å². The summed E-state index contributed by atoms with van der Waals surface area (Å²) in [5.74, 6) is 0.891. The molecule has 0 fully saturated rings. The monoisotopic (exact) mass is 224 g/mol. The smallest absolute Gasteiger partial charge is 0.119 e. The molecule has 0 saturated carbocycles. The van der Waals surface area contributed by atoms with Crippen molar-refractivity contribution in [3.63, 3.8) is 0 Å². The molecule has 0 aromatic heterocycles. The lowest BCUT2D eigenvalue weighted by Crippen LogP contribution is -1.89. The molecule has 2 rings (SSSR count). The molecule has 0 unspecified atom stereocenters. The quantitative estimate of drug-likeness (QED) is 0.754. The maximum Gasteiger partial charge on any atom is 0.119 e. The van der Waals surface area contributed by atoms with Gasteiger partial charge in [0.05, 0.1) is 7.11 Å². The predicted molar refractivity (Wildman–Crippen MR) is 73.3 cm³/mol. The minimum Gasteiger partial charge on any atom is -0.497 e. The number of hydrogen-bond donors (Lipinski definition) is 0. The molecule has 0 aliphatic rings. The van der Waals surface area contributed by atoms with Crippen LogP contribution in [0.1, 0.15) is 11.1 Å². The van der Waals surface area contributed by atoms with Gasteiger partial charge < -0.3 is 4.74 Å². The molecule has 0 saturated heterocycles. The van der Waals surface area contributed by atoms with Crippen LogP contribution in [0.3, 0.4) is 0 Å². The summed E-state index contributed by atoms with van der Waals surface area (Å²) in [6.45, 7) is 5.95. The van der Waals surface area contributed by atoms with Crippen molar-refractivity contribution in [3.8, 4) is 16.9 Å². The lowest BCUT2D eigenvalue weighted by molar-refractivity contribution is 0.414. The Morgan fingerprint density at radius 3 is 2.47 bits per heavy atom. The van der Waals surface area contributed by atoms with E-state index >= 15 is 0 Å². The van der Waals surface area contributed by atoms with Crippen molar-refractivity contribution >= 4 is 6.08 Å². The van der Waals surface area contributed by atoms with Crippen LogP contribution in [0, 0.1) is 6.92 Å². The van der Waals surface area contributed by atoms with Crippen molar-refractivity contribution in [2.24, 2.45) is 0 Å². The van der Waals surface area contributed by atoms with Crippen LogP contribution in [-0.4, -0.2) is 7.11 Å². The third kappa shape index (κ3) is 2.23. The summed E-state index contributed by atoms with van der Waals surface area (Å²) in [5, 5.41) is 0. The lowest BCUT2D eigenvalue weighted by atomic mass is 9.96. The first-order valence-corrected chi connectivity index (χ1v) is 5.62. The second-order valence-electron chi connectivity index (χ2n) is 3.97. The van der Waals surface area contributed by atoms with E-state index < -0.39 is 0 Å². The Labute approximate surface area is 102 Å². The predicted octanol–water partition coefficient (Wildman–Crippen LogP) is 4.31. The van der Waals surface area contributed by atoms with Crippen molar-refractivity contribution in [3.05, 3.63) is 60.2 Å². The molecule has 0 aliphatic heterocycles. The maximum absolute atomic E-state index is 5.22. The van der Waals surface area contributed by atoms with Gasteiger partial charge in [0, 0.05) is 0 Å². The van der Waals surface area contributed by atoms with Gasteiger partial charge in [-0.15, -0.1) is 0 Å². The third-order valence-electron chi connectivity index (χ3n) is 2.90. The van der Waals surface area contributed by atoms with Crippen molar-refractivity contribution in [2.75, 3.05) is 7.11 Å². The minimum atomic E-state index is 0.891. The largest absolute Gasteiger partial charge is 0.497 e. The highest BCUT2D eigenvalue weighted by Crippen LogP contribution is 2.29. The fourth-order valence-corrected chi connectivity index (χ4v) is 1.99. The van der Waals surface area contributed by atoms with E-state index in [1.165, 1.54) is 16.7 Å². The molecule has 0 aliphatic carbocycles. The van der Waals surface area contributed by atoms with Gasteiger partial charge in [-0.25, -0.2) is 0 Å². The van der Waals surface area contributed by atoms with Crippen LogP contribution in [0.5, 0.6) is 5.75 Å². The van der Waals surface area contributed by atoms with Crippen LogP contribution in [0.2, 0.25) is 0 Å². The average Bonchev–Trinajstić information content (AvgIpc) is 2.38. The zero-order chi connectivity index (χ0) is 12.3. The highest BCUT2D eigenvalue weighted by atomic mass is 16.5. The first-order chi connectivity index (χ1) is 8.26. The van der Waals surface area contributed by atoms with Gasteiger partial charge in [-0.3, -0.25) is 0 Å². The second kappa shape index (κ2) is 4.88. The van der Waals surface area contributed by atoms with Gasteiger partial charge in [-0.05, 0) is 41.3 Å². The maximum atomic E-state index is 5.22. The van der Waals surface area contributed by atoms with Crippen LogP contribution >= 0.6 is 0 Å². The van der Waals surface area contributed by atoms with Gasteiger partial charge in [-0.2, -0.15) is 0 Å². The molecule has 2 aromatic rings. The summed E-state index contributed by atoms with van der Waals surface area (Å²) in [5.41, 5.74) is 4.79. The van der Waals surface area contributed by atoms with E-state index in [-0.39, 0.29) is 0 Å². The van der Waals surface area contributed by atoms with Gasteiger partial charge in [-0.1, -0.05) is 43.0 Å². The molecule has 0 heterocycles. The highest BCUT2D eigenvalue weighted by Gasteiger charge is 2.05. The summed E-state index contributed by atoms with van der Waals surface area (Å²) in [6.07, 6.45) is 1.89. The molecule has 0 atom stereocenters.